The Labute approximate surface area is 101 Å². The molecule has 0 atom stereocenters. The van der Waals surface area contributed by atoms with Crippen molar-refractivity contribution in [3.05, 3.63) is 30.6 Å². The van der Waals surface area contributed by atoms with Gasteiger partial charge in [0.05, 0.1) is 2.88 Å². The first-order valence-electron chi connectivity index (χ1n) is 3.21. The third-order valence-corrected chi connectivity index (χ3v) is 5.76. The molecule has 0 unspecified atom stereocenters. The predicted octanol–water partition coefficient (Wildman–Crippen LogP) is 4.92. The molecule has 12 heavy (non-hydrogen) atoms. The molecule has 0 aliphatic rings. The highest BCUT2D eigenvalue weighted by molar-refractivity contribution is 14.1. The Morgan fingerprint density at radius 1 is 1.42 bits per heavy atom. The molecule has 0 saturated heterocycles. The molecule has 2 rings (SSSR count). The zero-order valence-corrected chi connectivity index (χ0v) is 11.1. The first-order valence-corrected chi connectivity index (χ1v) is 6.28. The number of benzene rings is 1. The summed E-state index contributed by atoms with van der Waals surface area (Å²) in [5.74, 6) is 0. The number of halogens is 3. The van der Waals surface area contributed by atoms with Crippen LogP contribution in [0, 0.1) is 2.88 Å². The summed E-state index contributed by atoms with van der Waals surface area (Å²) in [6, 6.07) is 5.95. The number of thiophene rings is 1. The van der Waals surface area contributed by atoms with Crippen molar-refractivity contribution in [3.8, 4) is 0 Å². The van der Waals surface area contributed by atoms with Crippen LogP contribution in [0.1, 0.15) is 0 Å². The van der Waals surface area contributed by atoms with E-state index in [1.807, 2.05) is 18.2 Å². The van der Waals surface area contributed by atoms with E-state index in [-0.39, 0.29) is 0 Å². The summed E-state index contributed by atoms with van der Waals surface area (Å²) in [6.07, 6.45) is 0. The molecule has 0 bridgehead atoms. The highest BCUT2D eigenvalue weighted by atomic mass is 127. The molecule has 0 nitrogen and oxygen atoms in total. The number of fused-ring (bicyclic) bond motifs is 1. The Bertz CT molecular complexity index is 438. The minimum Gasteiger partial charge on any atom is -0.128 e. The summed E-state index contributed by atoms with van der Waals surface area (Å²) in [6.45, 7) is 0. The van der Waals surface area contributed by atoms with Crippen LogP contribution in [0.5, 0.6) is 0 Å². The van der Waals surface area contributed by atoms with Gasteiger partial charge in [0.25, 0.3) is 0 Å². The molecule has 1 heterocycles. The lowest BCUT2D eigenvalue weighted by atomic mass is 10.3. The van der Waals surface area contributed by atoms with Crippen LogP contribution in [0.3, 0.4) is 0 Å². The molecule has 0 spiro atoms. The van der Waals surface area contributed by atoms with E-state index in [0.717, 1.165) is 5.02 Å². The first-order chi connectivity index (χ1) is 5.68. The van der Waals surface area contributed by atoms with E-state index in [9.17, 15) is 0 Å². The molecule has 0 saturated carbocycles. The molecule has 62 valence electrons. The molecule has 0 aliphatic carbocycles. The van der Waals surface area contributed by atoms with Crippen molar-refractivity contribution < 1.29 is 0 Å². The lowest BCUT2D eigenvalue weighted by Gasteiger charge is -1.90. The fraction of sp³-hybridized carbons (Fsp3) is 0. The fourth-order valence-corrected chi connectivity index (χ4v) is 3.83. The van der Waals surface area contributed by atoms with Gasteiger partial charge in [-0.25, -0.2) is 0 Å². The van der Waals surface area contributed by atoms with Gasteiger partial charge in [-0.2, -0.15) is 0 Å². The molecule has 1 aromatic heterocycles. The zero-order valence-electron chi connectivity index (χ0n) is 5.77. The van der Waals surface area contributed by atoms with Gasteiger partial charge >= 0.3 is 0 Å². The molecule has 0 aliphatic heterocycles. The Kier molecular flexibility index (Phi) is 2.65. The molecule has 2 aromatic rings. The minimum atomic E-state index is 0.799. The molecule has 0 N–H and O–H groups in total. The lowest BCUT2D eigenvalue weighted by molar-refractivity contribution is 1.81. The van der Waals surface area contributed by atoms with Gasteiger partial charge in [0.15, 0.2) is 0 Å². The second kappa shape index (κ2) is 3.44. The van der Waals surface area contributed by atoms with Gasteiger partial charge < -0.3 is 0 Å². The topological polar surface area (TPSA) is 0 Å². The van der Waals surface area contributed by atoms with Crippen molar-refractivity contribution in [2.45, 2.75) is 0 Å². The van der Waals surface area contributed by atoms with Crippen molar-refractivity contribution in [3.63, 3.8) is 0 Å². The summed E-state index contributed by atoms with van der Waals surface area (Å²) < 4.78 is 3.68. The lowest BCUT2D eigenvalue weighted by Crippen LogP contribution is -1.64. The molecule has 0 radical (unpaired) electrons. The third kappa shape index (κ3) is 1.52. The van der Waals surface area contributed by atoms with E-state index in [0.29, 0.717) is 0 Å². The summed E-state index contributed by atoms with van der Waals surface area (Å²) in [5, 5.41) is 2.04. The van der Waals surface area contributed by atoms with E-state index < -0.39 is 0 Å². The normalized spacial score (nSPS) is 10.9. The molecule has 4 heteroatoms. The highest BCUT2D eigenvalue weighted by Crippen LogP contribution is 2.37. The summed E-state index contributed by atoms with van der Waals surface area (Å²) in [7, 11) is 0. The number of hydrogen-bond donors (Lipinski definition) is 0. The molecular weight excluding hydrogens is 370 g/mol. The second-order valence-corrected chi connectivity index (χ2v) is 6.42. The van der Waals surface area contributed by atoms with Crippen LogP contribution in [-0.4, -0.2) is 0 Å². The quantitative estimate of drug-likeness (QED) is 0.575. The van der Waals surface area contributed by atoms with Crippen LogP contribution in [-0.2, 0) is 0 Å². The Hall–Kier alpha value is 0.680. The predicted molar refractivity (Wildman–Crippen MR) is 67.3 cm³/mol. The molecule has 0 fully saturated rings. The van der Waals surface area contributed by atoms with Crippen molar-refractivity contribution >= 4 is 71.5 Å². The third-order valence-electron chi connectivity index (χ3n) is 1.55. The Balaban J connectivity index is 2.87. The Morgan fingerprint density at radius 3 is 2.92 bits per heavy atom. The molecule has 1 aromatic carbocycles. The second-order valence-electron chi connectivity index (χ2n) is 2.33. The minimum absolute atomic E-state index is 0.799. The van der Waals surface area contributed by atoms with Gasteiger partial charge in [-0.3, -0.25) is 0 Å². The molecular formula is C8H3BrClIS. The van der Waals surface area contributed by atoms with E-state index in [2.05, 4.69) is 38.5 Å². The fourth-order valence-electron chi connectivity index (χ4n) is 1.01. The highest BCUT2D eigenvalue weighted by Gasteiger charge is 2.06. The summed E-state index contributed by atoms with van der Waals surface area (Å²) in [5.41, 5.74) is 0. The molecule has 0 amide bonds. The van der Waals surface area contributed by atoms with E-state index in [1.165, 1.54) is 17.4 Å². The SMILES string of the molecule is Clc1ccc2c(Br)c(I)sc2c1. The summed E-state index contributed by atoms with van der Waals surface area (Å²) in [4.78, 5) is 0. The van der Waals surface area contributed by atoms with Crippen LogP contribution in [0.4, 0.5) is 0 Å². The van der Waals surface area contributed by atoms with E-state index >= 15 is 0 Å². The Morgan fingerprint density at radius 2 is 2.17 bits per heavy atom. The van der Waals surface area contributed by atoms with Gasteiger partial charge in [0.2, 0.25) is 0 Å². The van der Waals surface area contributed by atoms with Gasteiger partial charge in [-0.15, -0.1) is 11.3 Å². The largest absolute Gasteiger partial charge is 0.128 e. The van der Waals surface area contributed by atoms with Crippen molar-refractivity contribution in [2.24, 2.45) is 0 Å². The van der Waals surface area contributed by atoms with E-state index in [1.54, 1.807) is 11.3 Å². The number of hydrogen-bond acceptors (Lipinski definition) is 1. The van der Waals surface area contributed by atoms with Gasteiger partial charge in [0.1, 0.15) is 0 Å². The van der Waals surface area contributed by atoms with Crippen LogP contribution in [0.25, 0.3) is 10.1 Å². The number of rotatable bonds is 0. The van der Waals surface area contributed by atoms with Gasteiger partial charge in [0, 0.05) is 19.6 Å². The monoisotopic (exact) mass is 372 g/mol. The standard InChI is InChI=1S/C8H3BrClIS/c9-7-5-2-1-4(10)3-6(5)12-8(7)11/h1-3H. The van der Waals surface area contributed by atoms with Crippen molar-refractivity contribution in [1.82, 2.24) is 0 Å². The van der Waals surface area contributed by atoms with Crippen LogP contribution in [0.2, 0.25) is 5.02 Å². The summed E-state index contributed by atoms with van der Waals surface area (Å²) >= 11 is 13.5. The van der Waals surface area contributed by atoms with Crippen LogP contribution >= 0.6 is 61.5 Å². The van der Waals surface area contributed by atoms with E-state index in [4.69, 9.17) is 11.6 Å². The van der Waals surface area contributed by atoms with Crippen LogP contribution < -0.4 is 0 Å². The van der Waals surface area contributed by atoms with Gasteiger partial charge in [-0.05, 0) is 50.7 Å². The zero-order chi connectivity index (χ0) is 8.72. The van der Waals surface area contributed by atoms with Crippen LogP contribution in [0.15, 0.2) is 22.7 Å². The van der Waals surface area contributed by atoms with Crippen molar-refractivity contribution in [1.29, 1.82) is 0 Å². The average Bonchev–Trinajstić information content (AvgIpc) is 2.28. The smallest absolute Gasteiger partial charge is 0.0808 e. The van der Waals surface area contributed by atoms with Gasteiger partial charge in [-0.1, -0.05) is 17.7 Å². The maximum Gasteiger partial charge on any atom is 0.0808 e. The maximum atomic E-state index is 5.87. The maximum absolute atomic E-state index is 5.87. The van der Waals surface area contributed by atoms with Crippen molar-refractivity contribution in [2.75, 3.05) is 0 Å². The average molecular weight is 373 g/mol. The first kappa shape index (κ1) is 9.24.